The van der Waals surface area contributed by atoms with E-state index >= 15 is 0 Å². The Morgan fingerprint density at radius 2 is 1.95 bits per heavy atom. The van der Waals surface area contributed by atoms with E-state index in [1.165, 1.54) is 0 Å². The highest BCUT2D eigenvalue weighted by Gasteiger charge is 2.20. The summed E-state index contributed by atoms with van der Waals surface area (Å²) in [6, 6.07) is 10.4. The molecule has 1 atom stereocenters. The van der Waals surface area contributed by atoms with Gasteiger partial charge in [0.25, 0.3) is 0 Å². The zero-order valence-electron chi connectivity index (χ0n) is 9.96. The van der Waals surface area contributed by atoms with E-state index in [4.69, 9.17) is 16.3 Å². The monoisotopic (exact) mass is 406 g/mol. The highest BCUT2D eigenvalue weighted by atomic mass is 79.9. The van der Waals surface area contributed by atoms with Gasteiger partial charge in [-0.25, -0.2) is 4.39 Å². The first-order valence-corrected chi connectivity index (χ1v) is 7.54. The molecule has 0 aliphatic rings. The molecule has 0 bridgehead atoms. The highest BCUT2D eigenvalue weighted by Crippen LogP contribution is 2.40. The molecule has 0 saturated carbocycles. The molecule has 0 aliphatic heterocycles. The van der Waals surface area contributed by atoms with Gasteiger partial charge in [0.2, 0.25) is 0 Å². The van der Waals surface area contributed by atoms with Crippen LogP contribution in [-0.4, -0.2) is 7.11 Å². The molecule has 1 nitrogen and oxygen atoms in total. The number of benzene rings is 2. The molecular formula is C14H10Br2ClFO. The van der Waals surface area contributed by atoms with Crippen molar-refractivity contribution in [2.75, 3.05) is 7.11 Å². The number of hydrogen-bond donors (Lipinski definition) is 0. The molecule has 2 aromatic rings. The first-order chi connectivity index (χ1) is 9.04. The molecular weight excluding hydrogens is 398 g/mol. The summed E-state index contributed by atoms with van der Waals surface area (Å²) < 4.78 is 19.8. The van der Waals surface area contributed by atoms with Gasteiger partial charge in [-0.1, -0.05) is 39.7 Å². The van der Waals surface area contributed by atoms with E-state index < -0.39 is 0 Å². The molecule has 0 spiro atoms. The SMILES string of the molecule is COc1ccc(Cl)cc1C(Br)c1cccc(Br)c1F. The molecule has 0 N–H and O–H groups in total. The molecule has 2 aromatic carbocycles. The molecule has 0 aliphatic carbocycles. The van der Waals surface area contributed by atoms with Crippen molar-refractivity contribution in [1.29, 1.82) is 0 Å². The van der Waals surface area contributed by atoms with E-state index in [0.29, 0.717) is 20.8 Å². The zero-order valence-corrected chi connectivity index (χ0v) is 13.9. The second-order valence-corrected chi connectivity index (χ2v) is 6.10. The van der Waals surface area contributed by atoms with E-state index in [9.17, 15) is 4.39 Å². The lowest BCUT2D eigenvalue weighted by atomic mass is 10.0. The molecule has 0 fully saturated rings. The van der Waals surface area contributed by atoms with Crippen LogP contribution in [0.25, 0.3) is 0 Å². The van der Waals surface area contributed by atoms with Crippen molar-refractivity contribution in [2.45, 2.75) is 4.83 Å². The molecule has 0 amide bonds. The van der Waals surface area contributed by atoms with Crippen molar-refractivity contribution in [3.63, 3.8) is 0 Å². The van der Waals surface area contributed by atoms with E-state index in [1.807, 2.05) is 0 Å². The minimum Gasteiger partial charge on any atom is -0.496 e. The Labute approximate surface area is 133 Å². The lowest BCUT2D eigenvalue weighted by Crippen LogP contribution is -2.00. The summed E-state index contributed by atoms with van der Waals surface area (Å²) in [5, 5.41) is 0.579. The van der Waals surface area contributed by atoms with Gasteiger partial charge in [-0.2, -0.15) is 0 Å². The fourth-order valence-corrected chi connectivity index (χ4v) is 3.06. The van der Waals surface area contributed by atoms with Crippen molar-refractivity contribution in [2.24, 2.45) is 0 Å². The van der Waals surface area contributed by atoms with Gasteiger partial charge < -0.3 is 4.74 Å². The van der Waals surface area contributed by atoms with Crippen molar-refractivity contribution >= 4 is 43.5 Å². The Morgan fingerprint density at radius 3 is 2.63 bits per heavy atom. The maximum atomic E-state index is 14.1. The van der Waals surface area contributed by atoms with Gasteiger partial charge in [-0.05, 0) is 40.2 Å². The van der Waals surface area contributed by atoms with Crippen molar-refractivity contribution in [3.8, 4) is 5.75 Å². The van der Waals surface area contributed by atoms with E-state index in [-0.39, 0.29) is 10.6 Å². The first-order valence-electron chi connectivity index (χ1n) is 5.46. The van der Waals surface area contributed by atoms with Crippen LogP contribution < -0.4 is 4.74 Å². The first kappa shape index (κ1) is 14.8. The topological polar surface area (TPSA) is 9.23 Å². The van der Waals surface area contributed by atoms with Gasteiger partial charge in [0, 0.05) is 16.1 Å². The maximum absolute atomic E-state index is 14.1. The number of hydrogen-bond acceptors (Lipinski definition) is 1. The molecule has 0 saturated heterocycles. The van der Waals surface area contributed by atoms with E-state index in [1.54, 1.807) is 43.5 Å². The van der Waals surface area contributed by atoms with Crippen LogP contribution in [0.4, 0.5) is 4.39 Å². The summed E-state index contributed by atoms with van der Waals surface area (Å²) in [5.41, 5.74) is 1.31. The van der Waals surface area contributed by atoms with Gasteiger partial charge in [0.15, 0.2) is 0 Å². The van der Waals surface area contributed by atoms with Gasteiger partial charge in [-0.3, -0.25) is 0 Å². The fraction of sp³-hybridized carbons (Fsp3) is 0.143. The molecule has 100 valence electrons. The molecule has 0 heterocycles. The minimum absolute atomic E-state index is 0.300. The second-order valence-electron chi connectivity index (χ2n) is 3.89. The van der Waals surface area contributed by atoms with E-state index in [0.717, 1.165) is 5.56 Å². The third kappa shape index (κ3) is 3.12. The Hall–Kier alpha value is -0.580. The molecule has 0 aromatic heterocycles. The van der Waals surface area contributed by atoms with Gasteiger partial charge in [0.1, 0.15) is 11.6 Å². The summed E-state index contributed by atoms with van der Waals surface area (Å²) in [6.45, 7) is 0. The smallest absolute Gasteiger partial charge is 0.142 e. The van der Waals surface area contributed by atoms with E-state index in [2.05, 4.69) is 31.9 Å². The Morgan fingerprint density at radius 1 is 1.21 bits per heavy atom. The normalized spacial score (nSPS) is 12.3. The van der Waals surface area contributed by atoms with Crippen molar-refractivity contribution in [1.82, 2.24) is 0 Å². The summed E-state index contributed by atoms with van der Waals surface area (Å²) in [5.74, 6) is 0.358. The van der Waals surface area contributed by atoms with Gasteiger partial charge in [0.05, 0.1) is 16.4 Å². The standard InChI is InChI=1S/C14H10Br2ClFO/c1-19-12-6-5-8(17)7-10(12)13(16)9-3-2-4-11(15)14(9)18/h2-7,13H,1H3. The van der Waals surface area contributed by atoms with Gasteiger partial charge in [-0.15, -0.1) is 0 Å². The van der Waals surface area contributed by atoms with Crippen LogP contribution in [0.5, 0.6) is 5.75 Å². The van der Waals surface area contributed by atoms with Crippen LogP contribution in [0, 0.1) is 5.82 Å². The predicted molar refractivity (Wildman–Crippen MR) is 82.9 cm³/mol. The Kier molecular flexibility index (Phi) is 4.87. The van der Waals surface area contributed by atoms with Crippen molar-refractivity contribution < 1.29 is 9.13 Å². The number of halogens is 4. The Balaban J connectivity index is 2.52. The van der Waals surface area contributed by atoms with Crippen LogP contribution in [-0.2, 0) is 0 Å². The number of alkyl halides is 1. The molecule has 19 heavy (non-hydrogen) atoms. The lowest BCUT2D eigenvalue weighted by Gasteiger charge is -2.16. The molecule has 2 rings (SSSR count). The van der Waals surface area contributed by atoms with Crippen LogP contribution in [0.2, 0.25) is 5.02 Å². The van der Waals surface area contributed by atoms with Crippen LogP contribution >= 0.6 is 43.5 Å². The second kappa shape index (κ2) is 6.25. The molecule has 5 heteroatoms. The number of methoxy groups -OCH3 is 1. The minimum atomic E-state index is -0.335. The third-order valence-corrected chi connectivity index (χ3v) is 4.55. The molecule has 1 unspecified atom stereocenters. The lowest BCUT2D eigenvalue weighted by molar-refractivity contribution is 0.410. The largest absolute Gasteiger partial charge is 0.496 e. The predicted octanol–water partition coefficient (Wildman–Crippen LogP) is 5.73. The number of rotatable bonds is 3. The summed E-state index contributed by atoms with van der Waals surface area (Å²) in [4.78, 5) is -0.335. The summed E-state index contributed by atoms with van der Waals surface area (Å²) >= 11 is 12.7. The average molecular weight is 408 g/mol. The number of ether oxygens (including phenoxy) is 1. The van der Waals surface area contributed by atoms with Crippen LogP contribution in [0.15, 0.2) is 40.9 Å². The zero-order chi connectivity index (χ0) is 14.0. The Bertz CT molecular complexity index is 604. The van der Waals surface area contributed by atoms with Crippen LogP contribution in [0.3, 0.4) is 0 Å². The fourth-order valence-electron chi connectivity index (χ4n) is 1.79. The average Bonchev–Trinajstić information content (AvgIpc) is 2.41. The quantitative estimate of drug-likeness (QED) is 0.589. The molecule has 0 radical (unpaired) electrons. The third-order valence-electron chi connectivity index (χ3n) is 2.72. The van der Waals surface area contributed by atoms with Gasteiger partial charge >= 0.3 is 0 Å². The summed E-state index contributed by atoms with van der Waals surface area (Å²) in [6.07, 6.45) is 0. The highest BCUT2D eigenvalue weighted by molar-refractivity contribution is 9.10. The van der Waals surface area contributed by atoms with Crippen molar-refractivity contribution in [3.05, 3.63) is 62.8 Å². The maximum Gasteiger partial charge on any atom is 0.142 e. The van der Waals surface area contributed by atoms with Crippen LogP contribution in [0.1, 0.15) is 16.0 Å². The summed E-state index contributed by atoms with van der Waals surface area (Å²) in [7, 11) is 1.57.